The quantitative estimate of drug-likeness (QED) is 0.580. The second-order valence-corrected chi connectivity index (χ2v) is 4.88. The summed E-state index contributed by atoms with van der Waals surface area (Å²) in [7, 11) is 3.17. The third-order valence-corrected chi connectivity index (χ3v) is 3.26. The lowest BCUT2D eigenvalue weighted by atomic mass is 10.2. The molecular formula is C19H20O4. The molecule has 0 aliphatic carbocycles. The molecule has 0 aromatic heterocycles. The van der Waals surface area contributed by atoms with E-state index in [0.29, 0.717) is 24.5 Å². The number of methoxy groups -OCH3 is 2. The lowest BCUT2D eigenvalue weighted by molar-refractivity contribution is -0.137. The molecule has 0 amide bonds. The lowest BCUT2D eigenvalue weighted by Crippen LogP contribution is -2.04. The summed E-state index contributed by atoms with van der Waals surface area (Å²) in [6.45, 7) is 0.356. The molecule has 0 spiro atoms. The first-order valence-electron chi connectivity index (χ1n) is 7.33. The van der Waals surface area contributed by atoms with Gasteiger partial charge >= 0.3 is 5.97 Å². The molecule has 23 heavy (non-hydrogen) atoms. The first-order valence-corrected chi connectivity index (χ1v) is 7.33. The predicted octanol–water partition coefficient (Wildman–Crippen LogP) is 3.50. The normalized spacial score (nSPS) is 10.5. The molecule has 120 valence electrons. The zero-order valence-corrected chi connectivity index (χ0v) is 13.3. The Bertz CT molecular complexity index is 640. The third kappa shape index (κ3) is 5.51. The van der Waals surface area contributed by atoms with E-state index in [9.17, 15) is 4.79 Å². The topological polar surface area (TPSA) is 44.8 Å². The highest BCUT2D eigenvalue weighted by molar-refractivity contribution is 5.87. The van der Waals surface area contributed by atoms with E-state index < -0.39 is 0 Å². The van der Waals surface area contributed by atoms with E-state index in [1.807, 2.05) is 42.5 Å². The van der Waals surface area contributed by atoms with Gasteiger partial charge in [0.05, 0.1) is 20.8 Å². The predicted molar refractivity (Wildman–Crippen MR) is 89.7 cm³/mol. The van der Waals surface area contributed by atoms with Crippen LogP contribution in [-0.4, -0.2) is 26.8 Å². The van der Waals surface area contributed by atoms with E-state index in [-0.39, 0.29) is 5.97 Å². The molecule has 0 heterocycles. The number of rotatable bonds is 7. The van der Waals surface area contributed by atoms with Crippen molar-refractivity contribution in [3.63, 3.8) is 0 Å². The van der Waals surface area contributed by atoms with Gasteiger partial charge < -0.3 is 14.2 Å². The van der Waals surface area contributed by atoms with Crippen molar-refractivity contribution in [1.29, 1.82) is 0 Å². The molecular weight excluding hydrogens is 292 g/mol. The highest BCUT2D eigenvalue weighted by atomic mass is 16.5. The minimum Gasteiger partial charge on any atom is -0.497 e. The van der Waals surface area contributed by atoms with Crippen LogP contribution in [0, 0.1) is 0 Å². The van der Waals surface area contributed by atoms with Gasteiger partial charge in [0.25, 0.3) is 0 Å². The van der Waals surface area contributed by atoms with E-state index >= 15 is 0 Å². The van der Waals surface area contributed by atoms with Gasteiger partial charge in [-0.25, -0.2) is 4.79 Å². The summed E-state index contributed by atoms with van der Waals surface area (Å²) < 4.78 is 15.6. The lowest BCUT2D eigenvalue weighted by Gasteiger charge is -2.06. The summed E-state index contributed by atoms with van der Waals surface area (Å²) in [6.07, 6.45) is 3.78. The second kappa shape index (κ2) is 8.63. The molecule has 0 bridgehead atoms. The Morgan fingerprint density at radius 2 is 1.65 bits per heavy atom. The zero-order chi connectivity index (χ0) is 16.5. The van der Waals surface area contributed by atoms with Crippen molar-refractivity contribution in [2.45, 2.75) is 6.42 Å². The van der Waals surface area contributed by atoms with Crippen LogP contribution in [0.25, 0.3) is 6.08 Å². The van der Waals surface area contributed by atoms with E-state index in [1.165, 1.54) is 6.08 Å². The van der Waals surface area contributed by atoms with Crippen molar-refractivity contribution in [3.05, 3.63) is 65.7 Å². The number of carbonyl (C=O) groups excluding carboxylic acids is 1. The summed E-state index contributed by atoms with van der Waals surface area (Å²) in [6, 6.07) is 15.3. The first-order chi connectivity index (χ1) is 11.2. The molecule has 2 aromatic carbocycles. The van der Waals surface area contributed by atoms with Gasteiger partial charge in [0.1, 0.15) is 11.5 Å². The molecule has 2 rings (SSSR count). The number of ether oxygens (including phenoxy) is 3. The van der Waals surface area contributed by atoms with Crippen molar-refractivity contribution in [3.8, 4) is 11.5 Å². The number of hydrogen-bond donors (Lipinski definition) is 0. The van der Waals surface area contributed by atoms with Crippen LogP contribution in [0.3, 0.4) is 0 Å². The van der Waals surface area contributed by atoms with Gasteiger partial charge in [-0.3, -0.25) is 0 Å². The molecule has 0 saturated carbocycles. The number of hydrogen-bond acceptors (Lipinski definition) is 4. The van der Waals surface area contributed by atoms with Gasteiger partial charge in [0, 0.05) is 18.6 Å². The van der Waals surface area contributed by atoms with E-state index in [1.54, 1.807) is 26.4 Å². The molecule has 4 nitrogen and oxygen atoms in total. The van der Waals surface area contributed by atoms with Gasteiger partial charge in [0.15, 0.2) is 0 Å². The molecule has 0 saturated heterocycles. The number of benzene rings is 2. The van der Waals surface area contributed by atoms with Gasteiger partial charge in [-0.05, 0) is 29.3 Å². The maximum atomic E-state index is 11.7. The van der Waals surface area contributed by atoms with Crippen LogP contribution in [0.5, 0.6) is 11.5 Å². The zero-order valence-electron chi connectivity index (χ0n) is 13.3. The van der Waals surface area contributed by atoms with E-state index in [4.69, 9.17) is 14.2 Å². The monoisotopic (exact) mass is 312 g/mol. The van der Waals surface area contributed by atoms with Crippen LogP contribution in [0.4, 0.5) is 0 Å². The van der Waals surface area contributed by atoms with Gasteiger partial charge in [-0.1, -0.05) is 30.3 Å². The smallest absolute Gasteiger partial charge is 0.330 e. The highest BCUT2D eigenvalue weighted by Crippen LogP contribution is 2.23. The molecule has 0 aliphatic rings. The summed E-state index contributed by atoms with van der Waals surface area (Å²) in [4.78, 5) is 11.7. The second-order valence-electron chi connectivity index (χ2n) is 4.88. The maximum absolute atomic E-state index is 11.7. The minimum absolute atomic E-state index is 0.356. The molecule has 2 aromatic rings. The summed E-state index contributed by atoms with van der Waals surface area (Å²) in [5, 5.41) is 0. The van der Waals surface area contributed by atoms with Crippen molar-refractivity contribution >= 4 is 12.0 Å². The molecule has 0 fully saturated rings. The highest BCUT2D eigenvalue weighted by Gasteiger charge is 2.01. The number of carbonyl (C=O) groups is 1. The van der Waals surface area contributed by atoms with Crippen molar-refractivity contribution in [2.75, 3.05) is 20.8 Å². The standard InChI is InChI=1S/C19H20O4/c1-21-17-12-16(13-18(14-17)22-2)8-9-19(20)23-11-10-15-6-4-3-5-7-15/h3-9,12-14H,10-11H2,1-2H3/b9-8+. The molecule has 0 aliphatic heterocycles. The Kier molecular flexibility index (Phi) is 6.24. The molecule has 4 heteroatoms. The summed E-state index contributed by atoms with van der Waals surface area (Å²) in [5.41, 5.74) is 1.95. The van der Waals surface area contributed by atoms with Crippen molar-refractivity contribution in [1.82, 2.24) is 0 Å². The fourth-order valence-electron chi connectivity index (χ4n) is 2.05. The SMILES string of the molecule is COc1cc(/C=C/C(=O)OCCc2ccccc2)cc(OC)c1. The first kappa shape index (κ1) is 16.6. The van der Waals surface area contributed by atoms with Crippen LogP contribution in [0.15, 0.2) is 54.6 Å². The fraction of sp³-hybridized carbons (Fsp3) is 0.211. The number of esters is 1. The minimum atomic E-state index is -0.372. The summed E-state index contributed by atoms with van der Waals surface area (Å²) in [5.74, 6) is 0.964. The van der Waals surface area contributed by atoms with Crippen molar-refractivity contribution < 1.29 is 19.0 Å². The van der Waals surface area contributed by atoms with Crippen molar-refractivity contribution in [2.24, 2.45) is 0 Å². The Labute approximate surface area is 136 Å². The van der Waals surface area contributed by atoms with Gasteiger partial charge in [-0.2, -0.15) is 0 Å². The van der Waals surface area contributed by atoms with Crippen LogP contribution in [0.1, 0.15) is 11.1 Å². The Morgan fingerprint density at radius 3 is 2.26 bits per heavy atom. The third-order valence-electron chi connectivity index (χ3n) is 3.26. The van der Waals surface area contributed by atoms with E-state index in [2.05, 4.69) is 0 Å². The van der Waals surface area contributed by atoms with Crippen LogP contribution in [-0.2, 0) is 16.0 Å². The average Bonchev–Trinajstić information content (AvgIpc) is 2.60. The van der Waals surface area contributed by atoms with Crippen LogP contribution in [0.2, 0.25) is 0 Å². The Hall–Kier alpha value is -2.75. The average molecular weight is 312 g/mol. The maximum Gasteiger partial charge on any atom is 0.330 e. The van der Waals surface area contributed by atoms with Gasteiger partial charge in [0.2, 0.25) is 0 Å². The fourth-order valence-corrected chi connectivity index (χ4v) is 2.05. The molecule has 0 atom stereocenters. The van der Waals surface area contributed by atoms with Gasteiger partial charge in [-0.15, -0.1) is 0 Å². The van der Waals surface area contributed by atoms with Crippen LogP contribution >= 0.6 is 0 Å². The van der Waals surface area contributed by atoms with E-state index in [0.717, 1.165) is 11.1 Å². The molecule has 0 unspecified atom stereocenters. The molecule has 0 N–H and O–H groups in total. The van der Waals surface area contributed by atoms with Crippen LogP contribution < -0.4 is 9.47 Å². The summed E-state index contributed by atoms with van der Waals surface area (Å²) >= 11 is 0. The Balaban J connectivity index is 1.88. The molecule has 0 radical (unpaired) electrons. The largest absolute Gasteiger partial charge is 0.497 e. The Morgan fingerprint density at radius 1 is 1.00 bits per heavy atom.